The molecular weight excluding hydrogens is 280 g/mol. The minimum Gasteiger partial charge on any atom is -0.347 e. The Morgan fingerprint density at radius 3 is 2.77 bits per heavy atom. The molecule has 1 aromatic heterocycles. The summed E-state index contributed by atoms with van der Waals surface area (Å²) >= 11 is 0. The lowest BCUT2D eigenvalue weighted by atomic mass is 10.2. The Bertz CT molecular complexity index is 652. The molecule has 1 heterocycles. The standard InChI is InChI=1S/C16H20N4O2/c1-17-9-4-8-14(21)19-11-15(22)20-13-7-2-5-12-6-3-10-18-16(12)13/h2-3,5-7,10,17H,4,8-9,11H2,1H3,(H,19,21)(H,20,22). The minimum absolute atomic E-state index is 0.0401. The average molecular weight is 300 g/mol. The van der Waals surface area contributed by atoms with Crippen molar-refractivity contribution in [3.05, 3.63) is 36.5 Å². The maximum atomic E-state index is 11.9. The number of aromatic nitrogens is 1. The van der Waals surface area contributed by atoms with Crippen LogP contribution in [0.15, 0.2) is 36.5 Å². The van der Waals surface area contributed by atoms with Crippen molar-refractivity contribution >= 4 is 28.4 Å². The van der Waals surface area contributed by atoms with Crippen LogP contribution in [0.2, 0.25) is 0 Å². The molecule has 0 unspecified atom stereocenters. The molecule has 3 N–H and O–H groups in total. The largest absolute Gasteiger partial charge is 0.347 e. The molecule has 0 bridgehead atoms. The maximum absolute atomic E-state index is 11.9. The zero-order valence-electron chi connectivity index (χ0n) is 12.6. The average Bonchev–Trinajstić information content (AvgIpc) is 2.54. The number of para-hydroxylation sites is 1. The van der Waals surface area contributed by atoms with E-state index in [1.165, 1.54) is 0 Å². The van der Waals surface area contributed by atoms with Gasteiger partial charge in [-0.25, -0.2) is 0 Å². The minimum atomic E-state index is -0.264. The number of nitrogens with one attached hydrogen (secondary N) is 3. The Morgan fingerprint density at radius 2 is 1.95 bits per heavy atom. The molecule has 0 fully saturated rings. The Kier molecular flexibility index (Phi) is 5.85. The fourth-order valence-electron chi connectivity index (χ4n) is 2.09. The lowest BCUT2D eigenvalue weighted by molar-refractivity contribution is -0.124. The molecule has 0 saturated heterocycles. The molecule has 2 amide bonds. The normalized spacial score (nSPS) is 10.4. The van der Waals surface area contributed by atoms with E-state index in [4.69, 9.17) is 0 Å². The summed E-state index contributed by atoms with van der Waals surface area (Å²) < 4.78 is 0. The Labute approximate surface area is 129 Å². The van der Waals surface area contributed by atoms with Gasteiger partial charge in [0, 0.05) is 18.0 Å². The van der Waals surface area contributed by atoms with Gasteiger partial charge in [-0.05, 0) is 32.1 Å². The van der Waals surface area contributed by atoms with E-state index in [2.05, 4.69) is 20.9 Å². The number of hydrogen-bond donors (Lipinski definition) is 3. The molecule has 0 spiro atoms. The highest BCUT2D eigenvalue weighted by atomic mass is 16.2. The first-order valence-corrected chi connectivity index (χ1v) is 7.25. The van der Waals surface area contributed by atoms with Gasteiger partial charge in [-0.3, -0.25) is 14.6 Å². The number of fused-ring (bicyclic) bond motifs is 1. The summed E-state index contributed by atoms with van der Waals surface area (Å²) in [4.78, 5) is 27.8. The Balaban J connectivity index is 1.87. The van der Waals surface area contributed by atoms with Gasteiger partial charge < -0.3 is 16.0 Å². The quantitative estimate of drug-likeness (QED) is 0.673. The summed E-state index contributed by atoms with van der Waals surface area (Å²) in [6.07, 6.45) is 2.84. The predicted octanol–water partition coefficient (Wildman–Crippen LogP) is 1.29. The van der Waals surface area contributed by atoms with Gasteiger partial charge in [0.25, 0.3) is 0 Å². The first-order valence-electron chi connectivity index (χ1n) is 7.25. The van der Waals surface area contributed by atoms with Gasteiger partial charge in [0.15, 0.2) is 0 Å². The van der Waals surface area contributed by atoms with E-state index >= 15 is 0 Å². The van der Waals surface area contributed by atoms with Crippen LogP contribution >= 0.6 is 0 Å². The van der Waals surface area contributed by atoms with Crippen LogP contribution in [-0.2, 0) is 9.59 Å². The molecule has 116 valence electrons. The van der Waals surface area contributed by atoms with Crippen LogP contribution in [0, 0.1) is 0 Å². The van der Waals surface area contributed by atoms with Crippen LogP contribution in [0.5, 0.6) is 0 Å². The lowest BCUT2D eigenvalue weighted by Crippen LogP contribution is -2.33. The van der Waals surface area contributed by atoms with Gasteiger partial charge in [0.2, 0.25) is 11.8 Å². The number of amides is 2. The monoisotopic (exact) mass is 300 g/mol. The Morgan fingerprint density at radius 1 is 1.14 bits per heavy atom. The molecule has 1 aromatic carbocycles. The molecule has 2 rings (SSSR count). The number of benzene rings is 1. The molecular formula is C16H20N4O2. The maximum Gasteiger partial charge on any atom is 0.243 e. The van der Waals surface area contributed by atoms with Crippen molar-refractivity contribution in [3.8, 4) is 0 Å². The molecule has 0 aliphatic carbocycles. The van der Waals surface area contributed by atoms with Gasteiger partial charge in [-0.1, -0.05) is 18.2 Å². The smallest absolute Gasteiger partial charge is 0.243 e. The summed E-state index contributed by atoms with van der Waals surface area (Å²) in [7, 11) is 1.84. The number of anilines is 1. The summed E-state index contributed by atoms with van der Waals surface area (Å²) in [6.45, 7) is 0.739. The molecule has 0 aliphatic heterocycles. The van der Waals surface area contributed by atoms with Gasteiger partial charge in [-0.15, -0.1) is 0 Å². The third-order valence-corrected chi connectivity index (χ3v) is 3.18. The lowest BCUT2D eigenvalue weighted by Gasteiger charge is -2.09. The summed E-state index contributed by atoms with van der Waals surface area (Å²) in [5.41, 5.74) is 1.38. The van der Waals surface area contributed by atoms with E-state index in [1.54, 1.807) is 12.3 Å². The van der Waals surface area contributed by atoms with Crippen molar-refractivity contribution in [2.45, 2.75) is 12.8 Å². The second-order valence-electron chi connectivity index (χ2n) is 4.91. The zero-order chi connectivity index (χ0) is 15.8. The van der Waals surface area contributed by atoms with Crippen molar-refractivity contribution in [1.82, 2.24) is 15.6 Å². The van der Waals surface area contributed by atoms with Crippen molar-refractivity contribution in [3.63, 3.8) is 0 Å². The fourth-order valence-corrected chi connectivity index (χ4v) is 2.09. The predicted molar refractivity (Wildman–Crippen MR) is 86.5 cm³/mol. The first-order chi connectivity index (χ1) is 10.7. The summed E-state index contributed by atoms with van der Waals surface area (Å²) in [5.74, 6) is -0.387. The SMILES string of the molecule is CNCCCC(=O)NCC(=O)Nc1cccc2cccnc12. The number of nitrogens with zero attached hydrogens (tertiary/aromatic N) is 1. The molecule has 6 heteroatoms. The van der Waals surface area contributed by atoms with E-state index in [1.807, 2.05) is 31.3 Å². The van der Waals surface area contributed by atoms with E-state index in [0.717, 1.165) is 23.9 Å². The van der Waals surface area contributed by atoms with Gasteiger partial charge in [0.05, 0.1) is 17.7 Å². The van der Waals surface area contributed by atoms with Gasteiger partial charge in [-0.2, -0.15) is 0 Å². The molecule has 0 radical (unpaired) electrons. The highest BCUT2D eigenvalue weighted by Crippen LogP contribution is 2.20. The van der Waals surface area contributed by atoms with Crippen LogP contribution in [0.1, 0.15) is 12.8 Å². The number of rotatable bonds is 7. The van der Waals surface area contributed by atoms with Crippen molar-refractivity contribution < 1.29 is 9.59 Å². The second kappa shape index (κ2) is 8.09. The van der Waals surface area contributed by atoms with E-state index in [0.29, 0.717) is 12.1 Å². The van der Waals surface area contributed by atoms with Crippen molar-refractivity contribution in [1.29, 1.82) is 0 Å². The molecule has 0 atom stereocenters. The second-order valence-corrected chi connectivity index (χ2v) is 4.91. The third kappa shape index (κ3) is 4.53. The summed E-state index contributed by atoms with van der Waals surface area (Å²) in [5, 5.41) is 9.32. The molecule has 22 heavy (non-hydrogen) atoms. The summed E-state index contributed by atoms with van der Waals surface area (Å²) in [6, 6.07) is 9.36. The molecule has 0 aliphatic rings. The number of pyridine rings is 1. The van der Waals surface area contributed by atoms with Crippen LogP contribution in [0.4, 0.5) is 5.69 Å². The zero-order valence-corrected chi connectivity index (χ0v) is 12.6. The van der Waals surface area contributed by atoms with Crippen LogP contribution in [0.3, 0.4) is 0 Å². The Hall–Kier alpha value is -2.47. The third-order valence-electron chi connectivity index (χ3n) is 3.18. The van der Waals surface area contributed by atoms with Crippen LogP contribution in [0.25, 0.3) is 10.9 Å². The van der Waals surface area contributed by atoms with Gasteiger partial charge in [0.1, 0.15) is 0 Å². The topological polar surface area (TPSA) is 83.1 Å². The fraction of sp³-hybridized carbons (Fsp3) is 0.312. The van der Waals surface area contributed by atoms with E-state index in [-0.39, 0.29) is 18.4 Å². The molecule has 2 aromatic rings. The highest BCUT2D eigenvalue weighted by molar-refractivity contribution is 6.01. The molecule has 0 saturated carbocycles. The van der Waals surface area contributed by atoms with E-state index in [9.17, 15) is 9.59 Å². The highest BCUT2D eigenvalue weighted by Gasteiger charge is 2.08. The van der Waals surface area contributed by atoms with Crippen molar-refractivity contribution in [2.24, 2.45) is 0 Å². The van der Waals surface area contributed by atoms with Crippen molar-refractivity contribution in [2.75, 3.05) is 25.5 Å². The first kappa shape index (κ1) is 15.9. The number of hydrogen-bond acceptors (Lipinski definition) is 4. The van der Waals surface area contributed by atoms with Gasteiger partial charge >= 0.3 is 0 Å². The van der Waals surface area contributed by atoms with Crippen LogP contribution < -0.4 is 16.0 Å². The van der Waals surface area contributed by atoms with E-state index < -0.39 is 0 Å². The molecule has 6 nitrogen and oxygen atoms in total. The number of carbonyl (C=O) groups excluding carboxylic acids is 2. The number of carbonyl (C=O) groups is 2. The van der Waals surface area contributed by atoms with Crippen LogP contribution in [-0.4, -0.2) is 36.9 Å².